The Balaban J connectivity index is 2.74. The summed E-state index contributed by atoms with van der Waals surface area (Å²) in [6, 6.07) is 5.19. The number of halogens is 1. The van der Waals surface area contributed by atoms with Crippen molar-refractivity contribution in [2.75, 3.05) is 25.0 Å². The number of benzene rings is 1. The van der Waals surface area contributed by atoms with Gasteiger partial charge in [0.2, 0.25) is 0 Å². The summed E-state index contributed by atoms with van der Waals surface area (Å²) < 4.78 is 13.8. The van der Waals surface area contributed by atoms with Crippen LogP contribution in [0.2, 0.25) is 0 Å². The van der Waals surface area contributed by atoms with Gasteiger partial charge in [-0.25, -0.2) is 4.39 Å². The third-order valence-corrected chi connectivity index (χ3v) is 2.54. The van der Waals surface area contributed by atoms with E-state index in [-0.39, 0.29) is 5.82 Å². The Morgan fingerprint density at radius 2 is 2.18 bits per heavy atom. The van der Waals surface area contributed by atoms with Gasteiger partial charge in [-0.3, -0.25) is 0 Å². The lowest BCUT2D eigenvalue weighted by atomic mass is 10.1. The molecule has 0 amide bonds. The summed E-state index contributed by atoms with van der Waals surface area (Å²) in [5.74, 6) is -0.247. The van der Waals surface area contributed by atoms with Gasteiger partial charge in [0.25, 0.3) is 0 Å². The summed E-state index contributed by atoms with van der Waals surface area (Å²) in [6.45, 7) is 5.66. The highest BCUT2D eigenvalue weighted by Crippen LogP contribution is 2.19. The standard InChI is InChI=1S/C13H21FN2O/c1-4-15-8-11-5-6-13(12(14)7-11)16(3)9-10(2)17/h5-7,10,15,17H,4,8-9H2,1-3H3. The SMILES string of the molecule is CCNCc1ccc(N(C)CC(C)O)c(F)c1. The van der Waals surface area contributed by atoms with Gasteiger partial charge in [0.15, 0.2) is 0 Å². The Kier molecular flexibility index (Phi) is 5.38. The Bertz CT molecular complexity index is 355. The predicted octanol–water partition coefficient (Wildman–Crippen LogP) is 1.75. The maximum Gasteiger partial charge on any atom is 0.146 e. The molecule has 0 aliphatic heterocycles. The Morgan fingerprint density at radius 3 is 2.71 bits per heavy atom. The topological polar surface area (TPSA) is 35.5 Å². The van der Waals surface area contributed by atoms with E-state index in [1.807, 2.05) is 13.0 Å². The normalized spacial score (nSPS) is 12.5. The minimum absolute atomic E-state index is 0.247. The van der Waals surface area contributed by atoms with E-state index in [4.69, 9.17) is 0 Å². The van der Waals surface area contributed by atoms with Crippen molar-refractivity contribution in [2.45, 2.75) is 26.5 Å². The van der Waals surface area contributed by atoms with Crippen LogP contribution in [0.15, 0.2) is 18.2 Å². The first-order chi connectivity index (χ1) is 8.04. The molecule has 0 aliphatic carbocycles. The molecule has 0 bridgehead atoms. The maximum absolute atomic E-state index is 13.8. The van der Waals surface area contributed by atoms with Crippen LogP contribution in [-0.2, 0) is 6.54 Å². The van der Waals surface area contributed by atoms with E-state index >= 15 is 0 Å². The fourth-order valence-electron chi connectivity index (χ4n) is 1.73. The smallest absolute Gasteiger partial charge is 0.146 e. The second kappa shape index (κ2) is 6.57. The molecule has 1 aromatic rings. The molecule has 4 heteroatoms. The van der Waals surface area contributed by atoms with Gasteiger partial charge in [0.1, 0.15) is 5.82 Å². The highest BCUT2D eigenvalue weighted by molar-refractivity contribution is 5.48. The first-order valence-electron chi connectivity index (χ1n) is 5.93. The maximum atomic E-state index is 13.8. The molecular formula is C13H21FN2O. The van der Waals surface area contributed by atoms with Crippen LogP contribution in [-0.4, -0.2) is 31.3 Å². The van der Waals surface area contributed by atoms with Crippen LogP contribution >= 0.6 is 0 Å². The summed E-state index contributed by atoms with van der Waals surface area (Å²) in [7, 11) is 1.77. The summed E-state index contributed by atoms with van der Waals surface area (Å²) in [6.07, 6.45) is -0.471. The van der Waals surface area contributed by atoms with Gasteiger partial charge < -0.3 is 15.3 Å². The zero-order valence-corrected chi connectivity index (χ0v) is 10.7. The number of hydrogen-bond acceptors (Lipinski definition) is 3. The van der Waals surface area contributed by atoms with Gasteiger partial charge in [-0.15, -0.1) is 0 Å². The molecule has 0 saturated heterocycles. The summed E-state index contributed by atoms with van der Waals surface area (Å²) >= 11 is 0. The zero-order chi connectivity index (χ0) is 12.8. The minimum atomic E-state index is -0.471. The highest BCUT2D eigenvalue weighted by Gasteiger charge is 2.10. The molecule has 0 radical (unpaired) electrons. The van der Waals surface area contributed by atoms with E-state index in [0.29, 0.717) is 18.8 Å². The summed E-state index contributed by atoms with van der Waals surface area (Å²) in [4.78, 5) is 1.72. The Hall–Kier alpha value is -1.13. The van der Waals surface area contributed by atoms with Crippen molar-refractivity contribution in [3.63, 3.8) is 0 Å². The van der Waals surface area contributed by atoms with E-state index in [2.05, 4.69) is 5.32 Å². The molecule has 1 aromatic carbocycles. The van der Waals surface area contributed by atoms with Gasteiger partial charge in [0.05, 0.1) is 11.8 Å². The number of aliphatic hydroxyl groups excluding tert-OH is 1. The quantitative estimate of drug-likeness (QED) is 0.795. The molecule has 0 spiro atoms. The van der Waals surface area contributed by atoms with Crippen LogP contribution in [0.5, 0.6) is 0 Å². The van der Waals surface area contributed by atoms with Crippen molar-refractivity contribution in [3.05, 3.63) is 29.6 Å². The average molecular weight is 240 g/mol. The van der Waals surface area contributed by atoms with E-state index in [1.54, 1.807) is 24.9 Å². The molecule has 1 unspecified atom stereocenters. The highest BCUT2D eigenvalue weighted by atomic mass is 19.1. The minimum Gasteiger partial charge on any atom is -0.392 e. The molecule has 17 heavy (non-hydrogen) atoms. The van der Waals surface area contributed by atoms with Crippen molar-refractivity contribution in [2.24, 2.45) is 0 Å². The number of nitrogens with zero attached hydrogens (tertiary/aromatic N) is 1. The van der Waals surface area contributed by atoms with Crippen LogP contribution in [0.1, 0.15) is 19.4 Å². The summed E-state index contributed by atoms with van der Waals surface area (Å²) in [5.41, 5.74) is 1.45. The number of anilines is 1. The van der Waals surface area contributed by atoms with Crippen molar-refractivity contribution >= 4 is 5.69 Å². The lowest BCUT2D eigenvalue weighted by Gasteiger charge is -2.21. The molecule has 3 nitrogen and oxygen atoms in total. The van der Waals surface area contributed by atoms with Gasteiger partial charge in [-0.05, 0) is 31.2 Å². The second-order valence-electron chi connectivity index (χ2n) is 4.30. The third-order valence-electron chi connectivity index (χ3n) is 2.54. The first kappa shape index (κ1) is 13.9. The van der Waals surface area contributed by atoms with Gasteiger partial charge in [0, 0.05) is 20.1 Å². The summed E-state index contributed by atoms with van der Waals surface area (Å²) in [5, 5.41) is 12.4. The third kappa shape index (κ3) is 4.32. The molecule has 0 fully saturated rings. The fourth-order valence-corrected chi connectivity index (χ4v) is 1.73. The van der Waals surface area contributed by atoms with Crippen LogP contribution in [0, 0.1) is 5.82 Å². The van der Waals surface area contributed by atoms with Crippen molar-refractivity contribution in [3.8, 4) is 0 Å². The predicted molar refractivity (Wildman–Crippen MR) is 68.7 cm³/mol. The molecule has 0 aromatic heterocycles. The van der Waals surface area contributed by atoms with Crippen LogP contribution in [0.4, 0.5) is 10.1 Å². The van der Waals surface area contributed by atoms with Crippen molar-refractivity contribution in [1.29, 1.82) is 0 Å². The molecule has 0 aliphatic rings. The lowest BCUT2D eigenvalue weighted by molar-refractivity contribution is 0.201. The van der Waals surface area contributed by atoms with E-state index in [9.17, 15) is 9.50 Å². The molecule has 96 valence electrons. The van der Waals surface area contributed by atoms with Crippen LogP contribution < -0.4 is 10.2 Å². The molecular weight excluding hydrogens is 219 g/mol. The number of hydrogen-bond donors (Lipinski definition) is 2. The van der Waals surface area contributed by atoms with Gasteiger partial charge in [-0.1, -0.05) is 13.0 Å². The molecule has 0 saturated carbocycles. The molecule has 0 heterocycles. The average Bonchev–Trinajstić information content (AvgIpc) is 2.25. The van der Waals surface area contributed by atoms with Gasteiger partial charge in [-0.2, -0.15) is 0 Å². The van der Waals surface area contributed by atoms with Crippen molar-refractivity contribution in [1.82, 2.24) is 5.32 Å². The van der Waals surface area contributed by atoms with Gasteiger partial charge >= 0.3 is 0 Å². The zero-order valence-electron chi connectivity index (χ0n) is 10.7. The Labute approximate surface area is 102 Å². The van der Waals surface area contributed by atoms with Crippen LogP contribution in [0.3, 0.4) is 0 Å². The van der Waals surface area contributed by atoms with E-state index in [1.165, 1.54) is 6.07 Å². The number of nitrogens with one attached hydrogen (secondary N) is 1. The largest absolute Gasteiger partial charge is 0.392 e. The Morgan fingerprint density at radius 1 is 1.47 bits per heavy atom. The van der Waals surface area contributed by atoms with Crippen molar-refractivity contribution < 1.29 is 9.50 Å². The molecule has 2 N–H and O–H groups in total. The first-order valence-corrected chi connectivity index (χ1v) is 5.93. The van der Waals surface area contributed by atoms with E-state index in [0.717, 1.165) is 12.1 Å². The lowest BCUT2D eigenvalue weighted by Crippen LogP contribution is -2.27. The number of rotatable bonds is 6. The molecule has 1 atom stereocenters. The van der Waals surface area contributed by atoms with Crippen LogP contribution in [0.25, 0.3) is 0 Å². The molecule has 1 rings (SSSR count). The van der Waals surface area contributed by atoms with E-state index < -0.39 is 6.10 Å². The number of aliphatic hydroxyl groups is 1. The number of likely N-dealkylation sites (N-methyl/N-ethyl adjacent to an activating group) is 1. The monoisotopic (exact) mass is 240 g/mol. The second-order valence-corrected chi connectivity index (χ2v) is 4.30. The fraction of sp³-hybridized carbons (Fsp3) is 0.538.